The second kappa shape index (κ2) is 7.24. The van der Waals surface area contributed by atoms with Gasteiger partial charge in [0.15, 0.2) is 17.2 Å². The van der Waals surface area contributed by atoms with Gasteiger partial charge in [-0.3, -0.25) is 0 Å². The van der Waals surface area contributed by atoms with Gasteiger partial charge in [-0.1, -0.05) is 0 Å². The van der Waals surface area contributed by atoms with Crippen molar-refractivity contribution < 1.29 is 14.0 Å². The minimum atomic E-state index is -0.456. The monoisotopic (exact) mass is 410 g/mol. The fraction of sp³-hybridized carbons (Fsp3) is 0.381. The van der Waals surface area contributed by atoms with Crippen molar-refractivity contribution in [2.24, 2.45) is 4.99 Å². The molecule has 0 amide bonds. The van der Waals surface area contributed by atoms with Crippen LogP contribution in [0.5, 0.6) is 5.75 Å². The zero-order chi connectivity index (χ0) is 20.7. The first-order valence-electron chi connectivity index (χ1n) is 10.1. The molecule has 8 nitrogen and oxygen atoms in total. The average molecular weight is 410 g/mol. The summed E-state index contributed by atoms with van der Waals surface area (Å²) in [5, 5.41) is 7.69. The van der Waals surface area contributed by atoms with Crippen LogP contribution in [0.25, 0.3) is 5.65 Å². The number of rotatable bonds is 5. The molecule has 1 saturated carbocycles. The van der Waals surface area contributed by atoms with E-state index in [1.165, 1.54) is 12.1 Å². The Bertz CT molecular complexity index is 1120. The van der Waals surface area contributed by atoms with Gasteiger partial charge < -0.3 is 10.1 Å². The number of hydroxylamine groups is 1. The first-order valence-corrected chi connectivity index (χ1v) is 10.1. The molecule has 1 aromatic carbocycles. The molecule has 0 unspecified atom stereocenters. The summed E-state index contributed by atoms with van der Waals surface area (Å²) in [6.45, 7) is 1.93. The highest BCUT2D eigenvalue weighted by Crippen LogP contribution is 2.37. The first-order chi connectivity index (χ1) is 14.6. The Hall–Kier alpha value is -3.20. The van der Waals surface area contributed by atoms with E-state index in [9.17, 15) is 4.39 Å². The molecule has 1 atom stereocenters. The van der Waals surface area contributed by atoms with Crippen molar-refractivity contribution in [3.05, 3.63) is 53.6 Å². The third-order valence-corrected chi connectivity index (χ3v) is 5.68. The number of nitrogens with zero attached hydrogens (tertiary/aromatic N) is 4. The van der Waals surface area contributed by atoms with E-state index < -0.39 is 5.72 Å². The largest absolute Gasteiger partial charge is 0.496 e. The molecule has 5 rings (SSSR count). The smallest absolute Gasteiger partial charge is 0.187 e. The van der Waals surface area contributed by atoms with Crippen LogP contribution in [-0.4, -0.2) is 33.3 Å². The number of ether oxygens (including phenoxy) is 1. The second-order valence-electron chi connectivity index (χ2n) is 7.71. The SMILES string of the molecule is COc1ccc(F)cc1[C@@H](C)Nc1ccn2ncc(C3=NC4(CCCC4)ON3)c2n1. The molecule has 2 N–H and O–H groups in total. The lowest BCUT2D eigenvalue weighted by molar-refractivity contribution is -0.0487. The van der Waals surface area contributed by atoms with Crippen LogP contribution in [0.2, 0.25) is 0 Å². The maximum atomic E-state index is 13.8. The van der Waals surface area contributed by atoms with Crippen LogP contribution in [-0.2, 0) is 4.84 Å². The lowest BCUT2D eigenvalue weighted by Gasteiger charge is -2.18. The molecule has 2 aliphatic rings. The molecular formula is C21H23FN6O2. The molecule has 3 heterocycles. The predicted octanol–water partition coefficient (Wildman–Crippen LogP) is 3.60. The number of aromatic nitrogens is 3. The van der Waals surface area contributed by atoms with Crippen LogP contribution in [0.1, 0.15) is 49.8 Å². The van der Waals surface area contributed by atoms with Crippen molar-refractivity contribution in [3.63, 3.8) is 0 Å². The highest BCUT2D eigenvalue weighted by Gasteiger charge is 2.40. The predicted molar refractivity (Wildman–Crippen MR) is 110 cm³/mol. The average Bonchev–Trinajstić information content (AvgIpc) is 3.48. The standard InChI is InChI=1S/C21H23FN6O2/c1-13(15-11-14(22)5-6-17(15)29-2)24-18-7-10-28-20(25-18)16(12-23-28)19-26-21(30-27-19)8-3-4-9-21/h5-7,10-13H,3-4,8-9H2,1-2H3,(H,24,25)(H,26,27)/t13-/m1/s1. The fourth-order valence-corrected chi connectivity index (χ4v) is 4.11. The number of benzene rings is 1. The van der Waals surface area contributed by atoms with Gasteiger partial charge in [0.1, 0.15) is 17.4 Å². The summed E-state index contributed by atoms with van der Waals surface area (Å²) >= 11 is 0. The van der Waals surface area contributed by atoms with Crippen molar-refractivity contribution in [2.45, 2.75) is 44.4 Å². The highest BCUT2D eigenvalue weighted by molar-refractivity contribution is 6.04. The van der Waals surface area contributed by atoms with Gasteiger partial charge in [0.2, 0.25) is 0 Å². The lowest BCUT2D eigenvalue weighted by atomic mass is 10.1. The number of fused-ring (bicyclic) bond motifs is 1. The van der Waals surface area contributed by atoms with Crippen LogP contribution in [0.15, 0.2) is 41.7 Å². The Morgan fingerprint density at radius 2 is 2.13 bits per heavy atom. The summed E-state index contributed by atoms with van der Waals surface area (Å²) in [4.78, 5) is 15.3. The molecule has 0 bridgehead atoms. The minimum absolute atomic E-state index is 0.219. The van der Waals surface area contributed by atoms with Gasteiger partial charge in [-0.05, 0) is 56.9 Å². The minimum Gasteiger partial charge on any atom is -0.496 e. The van der Waals surface area contributed by atoms with Crippen LogP contribution in [0.3, 0.4) is 0 Å². The fourth-order valence-electron chi connectivity index (χ4n) is 4.11. The molecule has 3 aromatic rings. The van der Waals surface area contributed by atoms with Crippen LogP contribution in [0, 0.1) is 5.82 Å². The van der Waals surface area contributed by atoms with Crippen molar-refractivity contribution >= 4 is 17.3 Å². The lowest BCUT2D eigenvalue weighted by Crippen LogP contribution is -2.26. The van der Waals surface area contributed by atoms with E-state index in [1.54, 1.807) is 23.9 Å². The number of methoxy groups -OCH3 is 1. The maximum absolute atomic E-state index is 13.8. The van der Waals surface area contributed by atoms with Crippen molar-refractivity contribution in [1.82, 2.24) is 20.1 Å². The van der Waals surface area contributed by atoms with Crippen LogP contribution in [0.4, 0.5) is 10.2 Å². The van der Waals surface area contributed by atoms with E-state index in [0.717, 1.165) is 31.2 Å². The maximum Gasteiger partial charge on any atom is 0.187 e. The molecule has 156 valence electrons. The zero-order valence-corrected chi connectivity index (χ0v) is 16.9. The Morgan fingerprint density at radius 1 is 1.30 bits per heavy atom. The highest BCUT2D eigenvalue weighted by atomic mass is 19.1. The van der Waals surface area contributed by atoms with Crippen LogP contribution < -0.4 is 15.5 Å². The topological polar surface area (TPSA) is 85.1 Å². The van der Waals surface area contributed by atoms with E-state index in [1.807, 2.05) is 19.2 Å². The van der Waals surface area contributed by atoms with Gasteiger partial charge in [0.05, 0.1) is 24.9 Å². The normalized spacial score (nSPS) is 18.4. The summed E-state index contributed by atoms with van der Waals surface area (Å²) in [5.74, 6) is 1.59. The summed E-state index contributed by atoms with van der Waals surface area (Å²) in [5.41, 5.74) is 4.66. The van der Waals surface area contributed by atoms with Gasteiger partial charge in [-0.25, -0.2) is 29.2 Å². The number of aliphatic imine (C=N–C) groups is 1. The number of nitrogens with one attached hydrogen (secondary N) is 2. The van der Waals surface area contributed by atoms with Gasteiger partial charge >= 0.3 is 0 Å². The Kier molecular flexibility index (Phi) is 4.54. The Morgan fingerprint density at radius 3 is 2.93 bits per heavy atom. The van der Waals surface area contributed by atoms with Gasteiger partial charge in [-0.15, -0.1) is 0 Å². The molecular weight excluding hydrogens is 387 g/mol. The molecule has 0 saturated heterocycles. The number of anilines is 1. The van der Waals surface area contributed by atoms with E-state index in [-0.39, 0.29) is 11.9 Å². The molecule has 9 heteroatoms. The third kappa shape index (κ3) is 3.24. The van der Waals surface area contributed by atoms with E-state index in [2.05, 4.69) is 15.9 Å². The van der Waals surface area contributed by atoms with Gasteiger partial charge in [0, 0.05) is 11.8 Å². The van der Waals surface area contributed by atoms with Crippen molar-refractivity contribution in [2.75, 3.05) is 12.4 Å². The first kappa shape index (κ1) is 18.8. The van der Waals surface area contributed by atoms with Crippen molar-refractivity contribution in [3.8, 4) is 5.75 Å². The molecule has 30 heavy (non-hydrogen) atoms. The second-order valence-corrected chi connectivity index (χ2v) is 7.71. The number of hydrogen-bond donors (Lipinski definition) is 2. The molecule has 2 aromatic heterocycles. The summed E-state index contributed by atoms with van der Waals surface area (Å²) in [6, 6.07) is 6.08. The summed E-state index contributed by atoms with van der Waals surface area (Å²) in [6.07, 6.45) is 7.60. The van der Waals surface area contributed by atoms with E-state index >= 15 is 0 Å². The Labute approximate surface area is 173 Å². The number of amidine groups is 1. The molecule has 1 aliphatic heterocycles. The zero-order valence-electron chi connectivity index (χ0n) is 16.9. The van der Waals surface area contributed by atoms with E-state index in [0.29, 0.717) is 28.6 Å². The quantitative estimate of drug-likeness (QED) is 0.669. The van der Waals surface area contributed by atoms with Gasteiger partial charge in [0.25, 0.3) is 0 Å². The molecule has 1 fully saturated rings. The Balaban J connectivity index is 1.44. The van der Waals surface area contributed by atoms with E-state index in [4.69, 9.17) is 19.6 Å². The van der Waals surface area contributed by atoms with Crippen LogP contribution >= 0.6 is 0 Å². The molecule has 1 spiro atoms. The van der Waals surface area contributed by atoms with Gasteiger partial charge in [-0.2, -0.15) is 5.10 Å². The third-order valence-electron chi connectivity index (χ3n) is 5.68. The molecule has 0 radical (unpaired) electrons. The summed E-state index contributed by atoms with van der Waals surface area (Å²) in [7, 11) is 1.57. The summed E-state index contributed by atoms with van der Waals surface area (Å²) < 4.78 is 20.8. The number of hydrogen-bond acceptors (Lipinski definition) is 7. The molecule has 1 aliphatic carbocycles. The van der Waals surface area contributed by atoms with Crippen molar-refractivity contribution in [1.29, 1.82) is 0 Å². The number of halogens is 1.